The maximum atomic E-state index is 5.85. The molecule has 0 bridgehead atoms. The zero-order valence-corrected chi connectivity index (χ0v) is 11.9. The molecular weight excluding hydrogens is 226 g/mol. The molecule has 0 saturated heterocycles. The number of ether oxygens (including phenoxy) is 1. The summed E-state index contributed by atoms with van der Waals surface area (Å²) in [4.78, 5) is 6.60. The Balaban J connectivity index is 2.70. The summed E-state index contributed by atoms with van der Waals surface area (Å²) in [6.45, 7) is 8.15. The first-order valence-corrected chi connectivity index (χ1v) is 6.65. The van der Waals surface area contributed by atoms with Gasteiger partial charge in [0.2, 0.25) is 5.88 Å². The van der Waals surface area contributed by atoms with E-state index >= 15 is 0 Å². The van der Waals surface area contributed by atoms with Crippen LogP contribution in [0.25, 0.3) is 0 Å². The number of nitrogen functional groups attached to an aromatic ring is 1. The maximum absolute atomic E-state index is 5.85. The molecule has 4 nitrogen and oxygen atoms in total. The highest BCUT2D eigenvalue weighted by molar-refractivity contribution is 5.54. The van der Waals surface area contributed by atoms with Gasteiger partial charge < -0.3 is 15.4 Å². The van der Waals surface area contributed by atoms with E-state index in [4.69, 9.17) is 10.5 Å². The van der Waals surface area contributed by atoms with Crippen molar-refractivity contribution in [2.24, 2.45) is 5.92 Å². The number of hydrogen-bond acceptors (Lipinski definition) is 4. The SMILES string of the molecule is CCCOc1nc(N(C)CCC(C)C)ccc1N. The summed E-state index contributed by atoms with van der Waals surface area (Å²) in [5.41, 5.74) is 6.45. The van der Waals surface area contributed by atoms with Crippen LogP contribution in [0.4, 0.5) is 11.5 Å². The van der Waals surface area contributed by atoms with Gasteiger partial charge in [-0.25, -0.2) is 0 Å². The van der Waals surface area contributed by atoms with Crippen LogP contribution >= 0.6 is 0 Å². The van der Waals surface area contributed by atoms with Gasteiger partial charge in [-0.3, -0.25) is 0 Å². The van der Waals surface area contributed by atoms with Gasteiger partial charge in [-0.15, -0.1) is 0 Å². The monoisotopic (exact) mass is 251 g/mol. The van der Waals surface area contributed by atoms with Gasteiger partial charge >= 0.3 is 0 Å². The molecular formula is C14H25N3O. The molecule has 0 saturated carbocycles. The summed E-state index contributed by atoms with van der Waals surface area (Å²) in [5.74, 6) is 2.15. The normalized spacial score (nSPS) is 10.7. The van der Waals surface area contributed by atoms with Crippen LogP contribution in [0.1, 0.15) is 33.6 Å². The van der Waals surface area contributed by atoms with Gasteiger partial charge in [0.15, 0.2) is 0 Å². The quantitative estimate of drug-likeness (QED) is 0.809. The average molecular weight is 251 g/mol. The molecule has 1 heterocycles. The molecule has 0 fully saturated rings. The van der Waals surface area contributed by atoms with Crippen LogP contribution < -0.4 is 15.4 Å². The van der Waals surface area contributed by atoms with E-state index in [0.717, 1.165) is 25.2 Å². The lowest BCUT2D eigenvalue weighted by molar-refractivity contribution is 0.307. The van der Waals surface area contributed by atoms with E-state index in [2.05, 4.69) is 30.7 Å². The molecule has 0 aliphatic carbocycles. The van der Waals surface area contributed by atoms with Crippen molar-refractivity contribution in [3.05, 3.63) is 12.1 Å². The topological polar surface area (TPSA) is 51.4 Å². The fraction of sp³-hybridized carbons (Fsp3) is 0.643. The lowest BCUT2D eigenvalue weighted by atomic mass is 10.1. The fourth-order valence-electron chi connectivity index (χ4n) is 1.53. The van der Waals surface area contributed by atoms with Crippen LogP contribution in [-0.4, -0.2) is 25.2 Å². The Morgan fingerprint density at radius 1 is 1.39 bits per heavy atom. The molecule has 4 heteroatoms. The smallest absolute Gasteiger partial charge is 0.239 e. The zero-order valence-electron chi connectivity index (χ0n) is 11.9. The van der Waals surface area contributed by atoms with E-state index in [0.29, 0.717) is 24.1 Å². The summed E-state index contributed by atoms with van der Waals surface area (Å²) >= 11 is 0. The van der Waals surface area contributed by atoms with E-state index in [1.165, 1.54) is 0 Å². The largest absolute Gasteiger partial charge is 0.476 e. The number of rotatable bonds is 7. The first kappa shape index (κ1) is 14.6. The lowest BCUT2D eigenvalue weighted by Gasteiger charge is -2.20. The first-order valence-electron chi connectivity index (χ1n) is 6.65. The molecule has 0 atom stereocenters. The van der Waals surface area contributed by atoms with Crippen molar-refractivity contribution in [3.8, 4) is 5.88 Å². The Hall–Kier alpha value is -1.45. The molecule has 1 aromatic heterocycles. The van der Waals surface area contributed by atoms with Crippen molar-refractivity contribution in [1.82, 2.24) is 4.98 Å². The van der Waals surface area contributed by atoms with E-state index in [9.17, 15) is 0 Å². The molecule has 0 aromatic carbocycles. The Labute approximate surface area is 110 Å². The van der Waals surface area contributed by atoms with E-state index in [-0.39, 0.29) is 0 Å². The predicted octanol–water partition coefficient (Wildman–Crippen LogP) is 2.93. The lowest BCUT2D eigenvalue weighted by Crippen LogP contribution is -2.21. The van der Waals surface area contributed by atoms with Crippen molar-refractivity contribution < 1.29 is 4.74 Å². The number of aromatic nitrogens is 1. The Morgan fingerprint density at radius 2 is 2.11 bits per heavy atom. The van der Waals surface area contributed by atoms with Crippen LogP contribution in [-0.2, 0) is 0 Å². The van der Waals surface area contributed by atoms with Crippen LogP contribution in [0, 0.1) is 5.92 Å². The number of nitrogens with two attached hydrogens (primary N) is 1. The summed E-state index contributed by atoms with van der Waals surface area (Å²) < 4.78 is 5.54. The van der Waals surface area contributed by atoms with Gasteiger partial charge in [0, 0.05) is 13.6 Å². The standard InChI is InChI=1S/C14H25N3O/c1-5-10-18-14-12(15)6-7-13(16-14)17(4)9-8-11(2)3/h6-7,11H,5,8-10,15H2,1-4H3. The van der Waals surface area contributed by atoms with Crippen LogP contribution in [0.2, 0.25) is 0 Å². The molecule has 102 valence electrons. The zero-order chi connectivity index (χ0) is 13.5. The van der Waals surface area contributed by atoms with E-state index in [1.807, 2.05) is 19.2 Å². The highest BCUT2D eigenvalue weighted by Gasteiger charge is 2.08. The van der Waals surface area contributed by atoms with Crippen molar-refractivity contribution in [2.45, 2.75) is 33.6 Å². The third-order valence-corrected chi connectivity index (χ3v) is 2.75. The Morgan fingerprint density at radius 3 is 2.72 bits per heavy atom. The van der Waals surface area contributed by atoms with Crippen molar-refractivity contribution in [1.29, 1.82) is 0 Å². The number of pyridine rings is 1. The van der Waals surface area contributed by atoms with Gasteiger partial charge in [0.1, 0.15) is 5.82 Å². The second-order valence-electron chi connectivity index (χ2n) is 5.02. The second-order valence-corrected chi connectivity index (χ2v) is 5.02. The molecule has 18 heavy (non-hydrogen) atoms. The van der Waals surface area contributed by atoms with Gasteiger partial charge in [0.05, 0.1) is 12.3 Å². The van der Waals surface area contributed by atoms with Crippen LogP contribution in [0.15, 0.2) is 12.1 Å². The fourth-order valence-corrected chi connectivity index (χ4v) is 1.53. The average Bonchev–Trinajstić information content (AvgIpc) is 2.35. The summed E-state index contributed by atoms with van der Waals surface area (Å²) in [6, 6.07) is 3.80. The molecule has 0 unspecified atom stereocenters. The highest BCUT2D eigenvalue weighted by Crippen LogP contribution is 2.23. The molecule has 0 aliphatic rings. The first-order chi connectivity index (χ1) is 8.54. The van der Waals surface area contributed by atoms with Crippen molar-refractivity contribution in [2.75, 3.05) is 30.8 Å². The van der Waals surface area contributed by atoms with Crippen LogP contribution in [0.3, 0.4) is 0 Å². The van der Waals surface area contributed by atoms with Crippen molar-refractivity contribution >= 4 is 11.5 Å². The van der Waals surface area contributed by atoms with E-state index < -0.39 is 0 Å². The van der Waals surface area contributed by atoms with Gasteiger partial charge in [-0.1, -0.05) is 20.8 Å². The molecule has 0 aliphatic heterocycles. The van der Waals surface area contributed by atoms with Crippen molar-refractivity contribution in [3.63, 3.8) is 0 Å². The Bertz CT molecular complexity index is 366. The minimum Gasteiger partial charge on any atom is -0.476 e. The molecule has 2 N–H and O–H groups in total. The predicted molar refractivity (Wildman–Crippen MR) is 77.2 cm³/mol. The number of nitrogens with zero attached hydrogens (tertiary/aromatic N) is 2. The molecule has 0 amide bonds. The number of anilines is 2. The third-order valence-electron chi connectivity index (χ3n) is 2.75. The third kappa shape index (κ3) is 4.43. The van der Waals surface area contributed by atoms with Gasteiger partial charge in [0.25, 0.3) is 0 Å². The maximum Gasteiger partial charge on any atom is 0.239 e. The summed E-state index contributed by atoms with van der Waals surface area (Å²) in [7, 11) is 2.05. The second kappa shape index (κ2) is 7.09. The minimum absolute atomic E-state index is 0.547. The molecule has 1 aromatic rings. The van der Waals surface area contributed by atoms with Crippen LogP contribution in [0.5, 0.6) is 5.88 Å². The highest BCUT2D eigenvalue weighted by atomic mass is 16.5. The minimum atomic E-state index is 0.547. The van der Waals surface area contributed by atoms with Gasteiger partial charge in [-0.2, -0.15) is 4.98 Å². The van der Waals surface area contributed by atoms with E-state index in [1.54, 1.807) is 0 Å². The summed E-state index contributed by atoms with van der Waals surface area (Å²) in [5, 5.41) is 0. The molecule has 0 spiro atoms. The van der Waals surface area contributed by atoms with Gasteiger partial charge in [-0.05, 0) is 30.9 Å². The molecule has 1 rings (SSSR count). The number of hydrogen-bond donors (Lipinski definition) is 1. The summed E-state index contributed by atoms with van der Waals surface area (Å²) in [6.07, 6.45) is 2.10. The molecule has 0 radical (unpaired) electrons. The Kier molecular flexibility index (Phi) is 5.75.